The summed E-state index contributed by atoms with van der Waals surface area (Å²) in [7, 11) is 0. The average molecular weight is 360 g/mol. The van der Waals surface area contributed by atoms with Crippen molar-refractivity contribution in [3.05, 3.63) is 35.2 Å². The number of likely N-dealkylation sites (N-methyl/N-ethyl adjacent to an activating group) is 1. The number of hydrogen-bond donors (Lipinski definition) is 2. The fourth-order valence-corrected chi connectivity index (χ4v) is 3.38. The van der Waals surface area contributed by atoms with Crippen LogP contribution in [0.2, 0.25) is 0 Å². The molecule has 1 atom stereocenters. The summed E-state index contributed by atoms with van der Waals surface area (Å²) in [5, 5.41) is 5.40. The van der Waals surface area contributed by atoms with Gasteiger partial charge in [0, 0.05) is 11.4 Å². The SMILES string of the molecule is CCNC(=O)C(C)NC(=O)c1ccc(-c2ccc3c(c2)OCCO3)s1. The highest BCUT2D eigenvalue weighted by Gasteiger charge is 2.18. The number of nitrogens with one attached hydrogen (secondary N) is 2. The number of carbonyl (C=O) groups excluding carboxylic acids is 2. The fraction of sp³-hybridized carbons (Fsp3) is 0.333. The van der Waals surface area contributed by atoms with Crippen molar-refractivity contribution in [2.24, 2.45) is 0 Å². The summed E-state index contributed by atoms with van der Waals surface area (Å²) in [6.45, 7) is 5.13. The van der Waals surface area contributed by atoms with Crippen molar-refractivity contribution in [3.8, 4) is 21.9 Å². The lowest BCUT2D eigenvalue weighted by molar-refractivity contribution is -0.122. The van der Waals surface area contributed by atoms with Crippen LogP contribution in [-0.4, -0.2) is 37.6 Å². The molecule has 7 heteroatoms. The summed E-state index contributed by atoms with van der Waals surface area (Å²) in [6, 6.07) is 8.81. The lowest BCUT2D eigenvalue weighted by Gasteiger charge is -2.18. The normalized spacial score (nSPS) is 13.8. The third-order valence-corrected chi connectivity index (χ3v) is 4.88. The molecule has 2 heterocycles. The summed E-state index contributed by atoms with van der Waals surface area (Å²) >= 11 is 1.37. The van der Waals surface area contributed by atoms with Gasteiger partial charge in [-0.05, 0) is 49.7 Å². The Kier molecular flexibility index (Phi) is 5.23. The van der Waals surface area contributed by atoms with E-state index >= 15 is 0 Å². The molecular weight excluding hydrogens is 340 g/mol. The molecule has 0 radical (unpaired) electrons. The van der Waals surface area contributed by atoms with E-state index < -0.39 is 6.04 Å². The molecule has 1 unspecified atom stereocenters. The largest absolute Gasteiger partial charge is 0.486 e. The van der Waals surface area contributed by atoms with E-state index in [-0.39, 0.29) is 11.8 Å². The monoisotopic (exact) mass is 360 g/mol. The van der Waals surface area contributed by atoms with Gasteiger partial charge in [0.05, 0.1) is 4.88 Å². The summed E-state index contributed by atoms with van der Waals surface area (Å²) in [4.78, 5) is 25.5. The molecule has 6 nitrogen and oxygen atoms in total. The highest BCUT2D eigenvalue weighted by atomic mass is 32.1. The maximum Gasteiger partial charge on any atom is 0.262 e. The lowest BCUT2D eigenvalue weighted by atomic mass is 10.1. The van der Waals surface area contributed by atoms with E-state index in [0.717, 1.165) is 16.2 Å². The van der Waals surface area contributed by atoms with Gasteiger partial charge in [0.2, 0.25) is 5.91 Å². The smallest absolute Gasteiger partial charge is 0.262 e. The number of carbonyl (C=O) groups is 2. The van der Waals surface area contributed by atoms with Crippen LogP contribution >= 0.6 is 11.3 Å². The zero-order valence-electron chi connectivity index (χ0n) is 14.1. The average Bonchev–Trinajstić information content (AvgIpc) is 3.11. The number of rotatable bonds is 5. The Morgan fingerprint density at radius 2 is 1.92 bits per heavy atom. The molecule has 0 spiro atoms. The van der Waals surface area contributed by atoms with Gasteiger partial charge in [-0.3, -0.25) is 9.59 Å². The van der Waals surface area contributed by atoms with Crippen LogP contribution in [0.3, 0.4) is 0 Å². The second kappa shape index (κ2) is 7.57. The molecule has 1 aliphatic rings. The molecule has 132 valence electrons. The molecule has 0 saturated carbocycles. The van der Waals surface area contributed by atoms with Gasteiger partial charge in [0.25, 0.3) is 5.91 Å². The molecule has 1 aromatic heterocycles. The van der Waals surface area contributed by atoms with Gasteiger partial charge < -0.3 is 20.1 Å². The second-order valence-electron chi connectivity index (χ2n) is 5.61. The first-order valence-electron chi connectivity index (χ1n) is 8.17. The van der Waals surface area contributed by atoms with Crippen molar-refractivity contribution >= 4 is 23.2 Å². The van der Waals surface area contributed by atoms with Gasteiger partial charge in [-0.2, -0.15) is 0 Å². The van der Waals surface area contributed by atoms with E-state index in [9.17, 15) is 9.59 Å². The number of hydrogen-bond acceptors (Lipinski definition) is 5. The Morgan fingerprint density at radius 3 is 2.68 bits per heavy atom. The zero-order valence-corrected chi connectivity index (χ0v) is 14.9. The number of thiophene rings is 1. The van der Waals surface area contributed by atoms with Crippen LogP contribution in [0.25, 0.3) is 10.4 Å². The van der Waals surface area contributed by atoms with Gasteiger partial charge >= 0.3 is 0 Å². The Labute approximate surface area is 150 Å². The summed E-state index contributed by atoms with van der Waals surface area (Å²) < 4.78 is 11.1. The molecule has 0 saturated heterocycles. The van der Waals surface area contributed by atoms with Crippen molar-refractivity contribution in [1.82, 2.24) is 10.6 Å². The minimum absolute atomic E-state index is 0.195. The van der Waals surface area contributed by atoms with Crippen molar-refractivity contribution in [1.29, 1.82) is 0 Å². The molecule has 1 aromatic carbocycles. The summed E-state index contributed by atoms with van der Waals surface area (Å²) in [5.74, 6) is 1.00. The van der Waals surface area contributed by atoms with E-state index in [1.165, 1.54) is 11.3 Å². The molecule has 3 rings (SSSR count). The highest BCUT2D eigenvalue weighted by molar-refractivity contribution is 7.17. The molecular formula is C18H20N2O4S. The molecule has 25 heavy (non-hydrogen) atoms. The van der Waals surface area contributed by atoms with E-state index in [0.29, 0.717) is 30.4 Å². The van der Waals surface area contributed by atoms with Crippen LogP contribution < -0.4 is 20.1 Å². The minimum Gasteiger partial charge on any atom is -0.486 e. The van der Waals surface area contributed by atoms with Gasteiger partial charge in [-0.25, -0.2) is 0 Å². The number of benzene rings is 1. The first-order valence-corrected chi connectivity index (χ1v) is 8.98. The lowest BCUT2D eigenvalue weighted by Crippen LogP contribution is -2.44. The van der Waals surface area contributed by atoms with Crippen LogP contribution in [0.4, 0.5) is 0 Å². The molecule has 2 amide bonds. The van der Waals surface area contributed by atoms with Gasteiger partial charge in [-0.15, -0.1) is 11.3 Å². The minimum atomic E-state index is -0.577. The Morgan fingerprint density at radius 1 is 1.16 bits per heavy atom. The Hall–Kier alpha value is -2.54. The molecule has 2 N–H and O–H groups in total. The van der Waals surface area contributed by atoms with Gasteiger partial charge in [0.1, 0.15) is 19.3 Å². The maximum absolute atomic E-state index is 12.3. The molecule has 0 aliphatic carbocycles. The molecule has 0 fully saturated rings. The van der Waals surface area contributed by atoms with Crippen molar-refractivity contribution < 1.29 is 19.1 Å². The fourth-order valence-electron chi connectivity index (χ4n) is 2.47. The van der Waals surface area contributed by atoms with E-state index in [2.05, 4.69) is 10.6 Å². The molecule has 1 aliphatic heterocycles. The van der Waals surface area contributed by atoms with Crippen molar-refractivity contribution in [3.63, 3.8) is 0 Å². The van der Waals surface area contributed by atoms with Crippen molar-refractivity contribution in [2.75, 3.05) is 19.8 Å². The molecule has 2 aromatic rings. The first-order chi connectivity index (χ1) is 12.1. The van der Waals surface area contributed by atoms with Gasteiger partial charge in [-0.1, -0.05) is 0 Å². The van der Waals surface area contributed by atoms with Crippen LogP contribution in [0, 0.1) is 0 Å². The predicted octanol–water partition coefficient (Wildman–Crippen LogP) is 2.44. The van der Waals surface area contributed by atoms with Crippen LogP contribution in [0.15, 0.2) is 30.3 Å². The predicted molar refractivity (Wildman–Crippen MR) is 96.4 cm³/mol. The quantitative estimate of drug-likeness (QED) is 0.859. The van der Waals surface area contributed by atoms with E-state index in [1.54, 1.807) is 13.0 Å². The second-order valence-corrected chi connectivity index (χ2v) is 6.70. The number of ether oxygens (including phenoxy) is 2. The van der Waals surface area contributed by atoms with Gasteiger partial charge in [0.15, 0.2) is 11.5 Å². The standard InChI is InChI=1S/C18H20N2O4S/c1-3-19-17(21)11(2)20-18(22)16-7-6-15(25-16)12-4-5-13-14(10-12)24-9-8-23-13/h4-7,10-11H,3,8-9H2,1-2H3,(H,19,21)(H,20,22). The maximum atomic E-state index is 12.3. The Bertz CT molecular complexity index is 787. The Balaban J connectivity index is 1.72. The van der Waals surface area contributed by atoms with E-state index in [4.69, 9.17) is 9.47 Å². The third kappa shape index (κ3) is 3.93. The highest BCUT2D eigenvalue weighted by Crippen LogP contribution is 2.36. The van der Waals surface area contributed by atoms with Crippen LogP contribution in [0.1, 0.15) is 23.5 Å². The third-order valence-electron chi connectivity index (χ3n) is 3.75. The summed E-state index contributed by atoms with van der Waals surface area (Å²) in [5.41, 5.74) is 0.963. The van der Waals surface area contributed by atoms with Crippen LogP contribution in [-0.2, 0) is 4.79 Å². The molecule has 0 bridgehead atoms. The summed E-state index contributed by atoms with van der Waals surface area (Å²) in [6.07, 6.45) is 0. The van der Waals surface area contributed by atoms with E-state index in [1.807, 2.05) is 31.2 Å². The zero-order chi connectivity index (χ0) is 17.8. The van der Waals surface area contributed by atoms with Crippen LogP contribution in [0.5, 0.6) is 11.5 Å². The number of amides is 2. The first kappa shape index (κ1) is 17.3. The number of fused-ring (bicyclic) bond motifs is 1. The topological polar surface area (TPSA) is 76.7 Å². The van der Waals surface area contributed by atoms with Crippen molar-refractivity contribution in [2.45, 2.75) is 19.9 Å².